The second-order valence-corrected chi connectivity index (χ2v) is 1.92. The molecule has 0 aliphatic rings. The Morgan fingerprint density at radius 2 is 0.846 bits per heavy atom. The Kier molecular flexibility index (Phi) is 20.6. The molecule has 0 heterocycles. The maximum absolute atomic E-state index is 2.00. The largest absolute Gasteiger partial charge is 3.00 e. The van der Waals surface area contributed by atoms with Gasteiger partial charge >= 0.3 is 26.2 Å². The van der Waals surface area contributed by atoms with Gasteiger partial charge in [-0.1, -0.05) is 0 Å². The van der Waals surface area contributed by atoms with Gasteiger partial charge in [-0.3, -0.25) is 0 Å². The van der Waals surface area contributed by atoms with Gasteiger partial charge in [-0.2, -0.15) is 36.4 Å². The van der Waals surface area contributed by atoms with Crippen LogP contribution in [0.4, 0.5) is 0 Å². The first-order valence-electron chi connectivity index (χ1n) is 3.33. The van der Waals surface area contributed by atoms with Crippen LogP contribution in [0, 0.1) is 7.43 Å². The fourth-order valence-electron chi connectivity index (χ4n) is 0.642. The molecule has 0 aromatic heterocycles. The van der Waals surface area contributed by atoms with Crippen LogP contribution in [-0.4, -0.2) is 0 Å². The Morgan fingerprint density at radius 3 is 0.923 bits per heavy atom. The second-order valence-electron chi connectivity index (χ2n) is 1.92. The van der Waals surface area contributed by atoms with E-state index in [2.05, 4.69) is 0 Å². The molecular weight excluding hydrogens is 259 g/mol. The standard InChI is InChI=1S/2C5H5.CH3.ClH.Zr/c2*1-2-4-5-3-1;;;/h2*1-5H;1H3;1H;/q3*-1;;+3. The minimum absolute atomic E-state index is 0. The summed E-state index contributed by atoms with van der Waals surface area (Å²) >= 11 is 0. The molecule has 0 bridgehead atoms. The molecule has 2 heteroatoms. The topological polar surface area (TPSA) is 0 Å². The summed E-state index contributed by atoms with van der Waals surface area (Å²) in [6.45, 7) is 0. The zero-order valence-corrected chi connectivity index (χ0v) is 11.0. The molecule has 0 N–H and O–H groups in total. The van der Waals surface area contributed by atoms with Crippen molar-refractivity contribution in [1.82, 2.24) is 0 Å². The Morgan fingerprint density at radius 1 is 0.615 bits per heavy atom. The summed E-state index contributed by atoms with van der Waals surface area (Å²) in [6.07, 6.45) is 0. The van der Waals surface area contributed by atoms with Crippen LogP contribution in [0.25, 0.3) is 0 Å². The predicted molar refractivity (Wildman–Crippen MR) is 57.7 cm³/mol. The summed E-state index contributed by atoms with van der Waals surface area (Å²) in [5.74, 6) is 0. The minimum Gasteiger partial charge on any atom is -0.358 e. The van der Waals surface area contributed by atoms with Gasteiger partial charge in [0.05, 0.1) is 0 Å². The zero-order chi connectivity index (χ0) is 7.07. The van der Waals surface area contributed by atoms with Crippen LogP contribution >= 0.6 is 12.4 Å². The Labute approximate surface area is 106 Å². The van der Waals surface area contributed by atoms with Crippen molar-refractivity contribution in [2.24, 2.45) is 0 Å². The molecule has 69 valence electrons. The average molecular weight is 273 g/mol. The van der Waals surface area contributed by atoms with E-state index in [1.165, 1.54) is 0 Å². The van der Waals surface area contributed by atoms with Gasteiger partial charge in [-0.05, 0) is 0 Å². The van der Waals surface area contributed by atoms with E-state index in [4.69, 9.17) is 0 Å². The van der Waals surface area contributed by atoms with E-state index in [-0.39, 0.29) is 46.0 Å². The number of hydrogen-bond donors (Lipinski definition) is 0. The molecule has 0 atom stereocenters. The van der Waals surface area contributed by atoms with E-state index in [0.29, 0.717) is 0 Å². The molecule has 13 heavy (non-hydrogen) atoms. The van der Waals surface area contributed by atoms with Crippen molar-refractivity contribution in [2.75, 3.05) is 0 Å². The maximum Gasteiger partial charge on any atom is 3.00 e. The van der Waals surface area contributed by atoms with E-state index in [0.717, 1.165) is 0 Å². The van der Waals surface area contributed by atoms with Gasteiger partial charge in [-0.25, -0.2) is 24.3 Å². The van der Waals surface area contributed by atoms with Crippen LogP contribution in [0.5, 0.6) is 0 Å². The molecule has 0 spiro atoms. The van der Waals surface area contributed by atoms with Gasteiger partial charge in [0.2, 0.25) is 0 Å². The second kappa shape index (κ2) is 14.4. The molecule has 2 aromatic rings. The smallest absolute Gasteiger partial charge is 0.358 e. The first kappa shape index (κ1) is 18.6. The summed E-state index contributed by atoms with van der Waals surface area (Å²) in [6, 6.07) is 20.0. The number of hydrogen-bond acceptors (Lipinski definition) is 0. The third-order valence-electron chi connectivity index (χ3n) is 1.11. The van der Waals surface area contributed by atoms with Crippen molar-refractivity contribution >= 4 is 12.4 Å². The van der Waals surface area contributed by atoms with Crippen molar-refractivity contribution in [3.05, 3.63) is 68.1 Å². The average Bonchev–Trinajstić information content (AvgIpc) is 2.67. The summed E-state index contributed by atoms with van der Waals surface area (Å²) in [7, 11) is 0. The Balaban J connectivity index is -0.000000125. The Bertz CT molecular complexity index is 149. The monoisotopic (exact) mass is 271 g/mol. The van der Waals surface area contributed by atoms with Gasteiger partial charge in [-0.15, -0.1) is 12.4 Å². The van der Waals surface area contributed by atoms with Crippen LogP contribution in [0.1, 0.15) is 0 Å². The predicted octanol–water partition coefficient (Wildman–Crippen LogP) is 3.68. The first-order chi connectivity index (χ1) is 5.00. The maximum atomic E-state index is 2.00. The van der Waals surface area contributed by atoms with Crippen molar-refractivity contribution in [3.8, 4) is 0 Å². The fourth-order valence-corrected chi connectivity index (χ4v) is 0.642. The SMILES string of the molecule is Cl.[CH3-].[Zr+3].c1cc[cH-]c1.c1cc[cH-]c1. The molecule has 0 saturated carbocycles. The van der Waals surface area contributed by atoms with E-state index in [9.17, 15) is 0 Å². The summed E-state index contributed by atoms with van der Waals surface area (Å²) in [5, 5.41) is 0. The van der Waals surface area contributed by atoms with Gasteiger partial charge in [0.15, 0.2) is 0 Å². The van der Waals surface area contributed by atoms with Crippen LogP contribution in [0.2, 0.25) is 0 Å². The van der Waals surface area contributed by atoms with E-state index in [1.807, 2.05) is 60.7 Å². The third-order valence-corrected chi connectivity index (χ3v) is 1.11. The molecule has 0 amide bonds. The molecule has 2 rings (SSSR count). The van der Waals surface area contributed by atoms with Crippen LogP contribution in [0.3, 0.4) is 0 Å². The number of rotatable bonds is 0. The van der Waals surface area contributed by atoms with E-state index < -0.39 is 0 Å². The zero-order valence-electron chi connectivity index (χ0n) is 7.68. The molecular formula is C11H14ClZr. The Hall–Kier alpha value is -0.127. The minimum atomic E-state index is 0. The third kappa shape index (κ3) is 11.9. The molecule has 0 aliphatic carbocycles. The van der Waals surface area contributed by atoms with Crippen LogP contribution < -0.4 is 0 Å². The van der Waals surface area contributed by atoms with E-state index in [1.54, 1.807) is 0 Å². The van der Waals surface area contributed by atoms with Crippen molar-refractivity contribution in [3.63, 3.8) is 0 Å². The van der Waals surface area contributed by atoms with Gasteiger partial charge in [0, 0.05) is 0 Å². The summed E-state index contributed by atoms with van der Waals surface area (Å²) in [5.41, 5.74) is 0. The van der Waals surface area contributed by atoms with Gasteiger partial charge in [0.25, 0.3) is 0 Å². The number of halogens is 1. The fraction of sp³-hybridized carbons (Fsp3) is 0. The van der Waals surface area contributed by atoms with Gasteiger partial charge < -0.3 is 7.43 Å². The quantitative estimate of drug-likeness (QED) is 0.642. The normalized spacial score (nSPS) is 6.15. The van der Waals surface area contributed by atoms with Gasteiger partial charge in [0.1, 0.15) is 0 Å². The van der Waals surface area contributed by atoms with Crippen molar-refractivity contribution < 1.29 is 26.2 Å². The van der Waals surface area contributed by atoms with Crippen LogP contribution in [0.15, 0.2) is 60.7 Å². The molecule has 1 radical (unpaired) electrons. The van der Waals surface area contributed by atoms with Crippen LogP contribution in [-0.2, 0) is 26.2 Å². The summed E-state index contributed by atoms with van der Waals surface area (Å²) < 4.78 is 0. The molecule has 2 aromatic carbocycles. The molecule has 0 unspecified atom stereocenters. The first-order valence-corrected chi connectivity index (χ1v) is 3.33. The van der Waals surface area contributed by atoms with Crippen molar-refractivity contribution in [2.45, 2.75) is 0 Å². The molecule has 0 saturated heterocycles. The molecule has 0 fully saturated rings. The molecule has 0 aliphatic heterocycles. The van der Waals surface area contributed by atoms with E-state index >= 15 is 0 Å². The van der Waals surface area contributed by atoms with Crippen molar-refractivity contribution in [1.29, 1.82) is 0 Å². The molecule has 0 nitrogen and oxygen atoms in total. The summed E-state index contributed by atoms with van der Waals surface area (Å²) in [4.78, 5) is 0.